The Labute approximate surface area is 191 Å². The molecule has 0 saturated heterocycles. The van der Waals surface area contributed by atoms with E-state index in [-0.39, 0.29) is 12.5 Å². The maximum Gasteiger partial charge on any atom is 0.416 e. The van der Waals surface area contributed by atoms with Crippen molar-refractivity contribution in [1.29, 1.82) is 0 Å². The summed E-state index contributed by atoms with van der Waals surface area (Å²) in [6, 6.07) is 16.3. The summed E-state index contributed by atoms with van der Waals surface area (Å²) >= 11 is 0. The fourth-order valence-corrected chi connectivity index (χ4v) is 3.36. The van der Waals surface area contributed by atoms with Crippen molar-refractivity contribution in [2.45, 2.75) is 12.7 Å². The lowest BCUT2D eigenvalue weighted by Gasteiger charge is -2.12. The number of hydrogen-bond donors (Lipinski definition) is 2. The largest absolute Gasteiger partial charge is 0.416 e. The van der Waals surface area contributed by atoms with Crippen LogP contribution in [0.3, 0.4) is 0 Å². The molecule has 0 spiro atoms. The molecule has 0 radical (unpaired) electrons. The zero-order valence-corrected chi connectivity index (χ0v) is 17.5. The van der Waals surface area contributed by atoms with Crippen molar-refractivity contribution >= 4 is 28.9 Å². The van der Waals surface area contributed by atoms with E-state index in [4.69, 9.17) is 0 Å². The monoisotopic (exact) mass is 462 g/mol. The quantitative estimate of drug-likeness (QED) is 0.368. The number of halogens is 3. The molecule has 0 bridgehead atoms. The predicted molar refractivity (Wildman–Crippen MR) is 121 cm³/mol. The zero-order valence-electron chi connectivity index (χ0n) is 17.5. The van der Waals surface area contributed by atoms with Crippen molar-refractivity contribution in [1.82, 2.24) is 29.5 Å². The Morgan fingerprint density at radius 3 is 2.38 bits per heavy atom. The first-order valence-corrected chi connectivity index (χ1v) is 10.2. The topological polar surface area (TPSA) is 93.4 Å². The number of fused-ring (bicyclic) bond motifs is 1. The van der Waals surface area contributed by atoms with E-state index in [1.807, 2.05) is 30.3 Å². The molecular formula is C23H17F3N8. The molecule has 8 nitrogen and oxygen atoms in total. The molecule has 3 heterocycles. The van der Waals surface area contributed by atoms with E-state index < -0.39 is 11.7 Å². The number of alkyl halides is 3. The number of aromatic nitrogens is 6. The molecule has 170 valence electrons. The van der Waals surface area contributed by atoms with Crippen LogP contribution in [0.5, 0.6) is 0 Å². The lowest BCUT2D eigenvalue weighted by molar-refractivity contribution is -0.137. The molecule has 0 unspecified atom stereocenters. The Bertz CT molecular complexity index is 1420. The summed E-state index contributed by atoms with van der Waals surface area (Å²) in [6.07, 6.45) is 0.357. The number of rotatable bonds is 6. The van der Waals surface area contributed by atoms with Gasteiger partial charge < -0.3 is 5.32 Å². The smallest absolute Gasteiger partial charge is 0.364 e. The highest BCUT2D eigenvalue weighted by Gasteiger charge is 2.30. The first-order valence-electron chi connectivity index (χ1n) is 10.2. The Kier molecular flexibility index (Phi) is 5.50. The van der Waals surface area contributed by atoms with Crippen molar-refractivity contribution in [3.05, 3.63) is 90.5 Å². The first-order chi connectivity index (χ1) is 16.5. The van der Waals surface area contributed by atoms with Crippen LogP contribution < -0.4 is 10.6 Å². The summed E-state index contributed by atoms with van der Waals surface area (Å²) in [5, 5.41) is 6.06. The molecule has 0 amide bonds. The highest BCUT2D eigenvalue weighted by molar-refractivity contribution is 5.85. The van der Waals surface area contributed by atoms with Gasteiger partial charge in [-0.15, -0.1) is 0 Å². The number of hydrogen-bond acceptors (Lipinski definition) is 7. The van der Waals surface area contributed by atoms with Crippen molar-refractivity contribution in [3.8, 4) is 5.69 Å². The van der Waals surface area contributed by atoms with E-state index in [1.165, 1.54) is 6.07 Å². The highest BCUT2D eigenvalue weighted by atomic mass is 19.4. The van der Waals surface area contributed by atoms with Gasteiger partial charge in [-0.25, -0.2) is 15.0 Å². The molecule has 0 atom stereocenters. The summed E-state index contributed by atoms with van der Waals surface area (Å²) in [7, 11) is 0. The predicted octanol–water partition coefficient (Wildman–Crippen LogP) is 4.98. The van der Waals surface area contributed by atoms with Gasteiger partial charge in [0, 0.05) is 24.6 Å². The summed E-state index contributed by atoms with van der Waals surface area (Å²) in [6.45, 7) is 0.107. The molecule has 3 aromatic heterocycles. The van der Waals surface area contributed by atoms with Crippen LogP contribution in [0, 0.1) is 0 Å². The SMILES string of the molecule is FC(F)(F)c1cccc(CNc2nc(Nc3ncccn3)nc3c2ncn3-c2ccccc2)c1. The van der Waals surface area contributed by atoms with Gasteiger partial charge in [-0.3, -0.25) is 9.88 Å². The van der Waals surface area contributed by atoms with Gasteiger partial charge in [0.2, 0.25) is 11.9 Å². The molecule has 0 aliphatic carbocycles. The van der Waals surface area contributed by atoms with E-state index in [9.17, 15) is 13.2 Å². The van der Waals surface area contributed by atoms with E-state index >= 15 is 0 Å². The van der Waals surface area contributed by atoms with Crippen LogP contribution in [0.25, 0.3) is 16.9 Å². The number of benzene rings is 2. The highest BCUT2D eigenvalue weighted by Crippen LogP contribution is 2.30. The summed E-state index contributed by atoms with van der Waals surface area (Å²) < 4.78 is 41.1. The van der Waals surface area contributed by atoms with Crippen LogP contribution in [0.4, 0.5) is 30.9 Å². The molecule has 5 rings (SSSR count). The Balaban J connectivity index is 1.53. The maximum absolute atomic E-state index is 13.1. The average molecular weight is 462 g/mol. The zero-order chi connectivity index (χ0) is 23.5. The van der Waals surface area contributed by atoms with Crippen LogP contribution in [0.2, 0.25) is 0 Å². The number of nitrogens with one attached hydrogen (secondary N) is 2. The van der Waals surface area contributed by atoms with E-state index in [1.54, 1.807) is 35.4 Å². The maximum atomic E-state index is 13.1. The summed E-state index contributed by atoms with van der Waals surface area (Å²) in [5.41, 5.74) is 1.55. The molecular weight excluding hydrogens is 445 g/mol. The number of nitrogens with zero attached hydrogens (tertiary/aromatic N) is 6. The van der Waals surface area contributed by atoms with Crippen LogP contribution >= 0.6 is 0 Å². The second-order valence-corrected chi connectivity index (χ2v) is 7.27. The fraction of sp³-hybridized carbons (Fsp3) is 0.0870. The third-order valence-electron chi connectivity index (χ3n) is 4.93. The summed E-state index contributed by atoms with van der Waals surface area (Å²) in [5.74, 6) is 0.870. The van der Waals surface area contributed by atoms with Gasteiger partial charge in [0.05, 0.1) is 5.56 Å². The Hall–Kier alpha value is -4.54. The van der Waals surface area contributed by atoms with Crippen LogP contribution in [-0.2, 0) is 12.7 Å². The summed E-state index contributed by atoms with van der Waals surface area (Å²) in [4.78, 5) is 21.8. The van der Waals surface area contributed by atoms with Crippen LogP contribution in [0.1, 0.15) is 11.1 Å². The number of imidazole rings is 1. The average Bonchev–Trinajstić information content (AvgIpc) is 3.27. The van der Waals surface area contributed by atoms with Gasteiger partial charge >= 0.3 is 6.18 Å². The van der Waals surface area contributed by atoms with Gasteiger partial charge in [0.25, 0.3) is 0 Å². The van der Waals surface area contributed by atoms with Gasteiger partial charge in [-0.05, 0) is 35.9 Å². The van der Waals surface area contributed by atoms with Gasteiger partial charge in [0.15, 0.2) is 17.0 Å². The van der Waals surface area contributed by atoms with Gasteiger partial charge in [0.1, 0.15) is 6.33 Å². The van der Waals surface area contributed by atoms with Crippen molar-refractivity contribution in [2.24, 2.45) is 0 Å². The minimum absolute atomic E-state index is 0.107. The van der Waals surface area contributed by atoms with Gasteiger partial charge in [-0.1, -0.05) is 30.3 Å². The van der Waals surface area contributed by atoms with E-state index in [0.717, 1.165) is 17.8 Å². The lowest BCUT2D eigenvalue weighted by atomic mass is 10.1. The minimum atomic E-state index is -4.42. The lowest BCUT2D eigenvalue weighted by Crippen LogP contribution is -2.09. The first kappa shape index (κ1) is 21.3. The minimum Gasteiger partial charge on any atom is -0.364 e. The molecule has 34 heavy (non-hydrogen) atoms. The van der Waals surface area contributed by atoms with E-state index in [2.05, 4.69) is 35.6 Å². The molecule has 0 aliphatic heterocycles. The molecule has 2 aromatic carbocycles. The third kappa shape index (κ3) is 4.49. The number of para-hydroxylation sites is 1. The third-order valence-corrected chi connectivity index (χ3v) is 4.93. The van der Waals surface area contributed by atoms with Crippen LogP contribution in [-0.4, -0.2) is 29.5 Å². The Morgan fingerprint density at radius 1 is 0.824 bits per heavy atom. The van der Waals surface area contributed by atoms with Crippen LogP contribution in [0.15, 0.2) is 79.4 Å². The van der Waals surface area contributed by atoms with Crippen molar-refractivity contribution in [3.63, 3.8) is 0 Å². The van der Waals surface area contributed by atoms with Crippen molar-refractivity contribution < 1.29 is 13.2 Å². The second-order valence-electron chi connectivity index (χ2n) is 7.27. The van der Waals surface area contributed by atoms with E-state index in [0.29, 0.717) is 28.5 Å². The second kappa shape index (κ2) is 8.77. The molecule has 11 heteroatoms. The molecule has 0 saturated carbocycles. The molecule has 0 fully saturated rings. The van der Waals surface area contributed by atoms with Gasteiger partial charge in [-0.2, -0.15) is 23.1 Å². The Morgan fingerprint density at radius 2 is 1.62 bits per heavy atom. The molecule has 0 aliphatic rings. The normalized spacial score (nSPS) is 11.5. The fourth-order valence-electron chi connectivity index (χ4n) is 3.36. The van der Waals surface area contributed by atoms with Crippen molar-refractivity contribution in [2.75, 3.05) is 10.6 Å². The molecule has 2 N–H and O–H groups in total. The molecule has 5 aromatic rings. The number of anilines is 3. The standard InChI is InChI=1S/C23H17F3N8/c24-23(25,26)16-7-4-6-15(12-16)13-29-19-18-20(34(14-30-18)17-8-2-1-3-9-17)32-22(31-19)33-21-27-10-5-11-28-21/h1-12,14H,13H2,(H2,27,28,29,31,32,33).